The Hall–Kier alpha value is -3.63. The van der Waals surface area contributed by atoms with Crippen LogP contribution in [0, 0.1) is 0 Å². The number of nitrogens with one attached hydrogen (secondary N) is 1. The normalized spacial score (nSPS) is 11.4. The topological polar surface area (TPSA) is 105 Å². The summed E-state index contributed by atoms with van der Waals surface area (Å²) in [5.74, 6) is 0.897. The summed E-state index contributed by atoms with van der Waals surface area (Å²) in [5.41, 5.74) is 1.21. The zero-order valence-corrected chi connectivity index (χ0v) is 21.6. The van der Waals surface area contributed by atoms with E-state index < -0.39 is 18.0 Å². The number of carbonyl (C=O) groups is 2. The van der Waals surface area contributed by atoms with Crippen molar-refractivity contribution in [3.63, 3.8) is 0 Å². The fraction of sp³-hybridized carbons (Fsp3) is 0.346. The zero-order valence-electron chi connectivity index (χ0n) is 20.7. The van der Waals surface area contributed by atoms with Crippen molar-refractivity contribution in [2.24, 2.45) is 0 Å². The molecule has 0 bridgehead atoms. The van der Waals surface area contributed by atoms with Crippen molar-refractivity contribution in [1.82, 2.24) is 10.3 Å². The molecule has 10 heteroatoms. The van der Waals surface area contributed by atoms with E-state index in [1.807, 2.05) is 24.3 Å². The first-order chi connectivity index (χ1) is 17.5. The second-order valence-electron chi connectivity index (χ2n) is 7.46. The highest BCUT2D eigenvalue weighted by atomic mass is 32.1. The van der Waals surface area contributed by atoms with Crippen LogP contribution in [-0.4, -0.2) is 50.4 Å². The van der Waals surface area contributed by atoms with E-state index in [0.717, 1.165) is 16.9 Å². The lowest BCUT2D eigenvalue weighted by molar-refractivity contribution is -0.145. The predicted molar refractivity (Wildman–Crippen MR) is 135 cm³/mol. The predicted octanol–water partition coefficient (Wildman–Crippen LogP) is 4.39. The molecule has 0 fully saturated rings. The van der Waals surface area contributed by atoms with E-state index in [4.69, 9.17) is 23.7 Å². The molecule has 0 aliphatic heterocycles. The molecule has 1 unspecified atom stereocenters. The van der Waals surface area contributed by atoms with E-state index in [1.165, 1.54) is 0 Å². The Morgan fingerprint density at radius 2 is 1.72 bits per heavy atom. The molecule has 0 spiro atoms. The van der Waals surface area contributed by atoms with Gasteiger partial charge in [-0.25, -0.2) is 9.78 Å². The molecule has 1 atom stereocenters. The maximum absolute atomic E-state index is 12.8. The van der Waals surface area contributed by atoms with Crippen molar-refractivity contribution < 1.29 is 33.3 Å². The molecule has 36 heavy (non-hydrogen) atoms. The summed E-state index contributed by atoms with van der Waals surface area (Å²) in [7, 11) is 3.13. The van der Waals surface area contributed by atoms with Crippen LogP contribution in [0.1, 0.15) is 34.8 Å². The third-order valence-electron chi connectivity index (χ3n) is 5.09. The monoisotopic (exact) mass is 514 g/mol. The van der Waals surface area contributed by atoms with Gasteiger partial charge in [0.25, 0.3) is 5.19 Å². The highest BCUT2D eigenvalue weighted by Crippen LogP contribution is 2.30. The van der Waals surface area contributed by atoms with E-state index in [-0.39, 0.29) is 26.2 Å². The smallest absolute Gasteiger partial charge is 0.350 e. The molecule has 1 aromatic heterocycles. The number of hydrogen-bond acceptors (Lipinski definition) is 10. The molecule has 0 aliphatic carbocycles. The maximum Gasteiger partial charge on any atom is 0.350 e. The van der Waals surface area contributed by atoms with Crippen molar-refractivity contribution in [3.8, 4) is 22.4 Å². The van der Waals surface area contributed by atoms with Gasteiger partial charge >= 0.3 is 11.9 Å². The summed E-state index contributed by atoms with van der Waals surface area (Å²) in [6, 6.07) is 13.8. The Morgan fingerprint density at radius 3 is 2.39 bits per heavy atom. The summed E-state index contributed by atoms with van der Waals surface area (Å²) in [5, 5.41) is 3.48. The molecule has 9 nitrogen and oxygen atoms in total. The molecule has 0 saturated heterocycles. The number of rotatable bonds is 13. The Morgan fingerprint density at radius 1 is 0.972 bits per heavy atom. The first-order valence-corrected chi connectivity index (χ1v) is 12.3. The number of aromatic nitrogens is 1. The molecule has 3 aromatic rings. The number of esters is 2. The van der Waals surface area contributed by atoms with Crippen molar-refractivity contribution >= 4 is 23.3 Å². The lowest BCUT2D eigenvalue weighted by Crippen LogP contribution is -2.40. The van der Waals surface area contributed by atoms with Gasteiger partial charge in [0.1, 0.15) is 28.2 Å². The minimum atomic E-state index is -0.720. The second kappa shape index (κ2) is 13.5. The SMILES string of the molecule is CCOC(=O)c1sc(Oc2ccccc2)nc1CNC(Cc1ccc(OC)cc1OC)C(=O)OCC. The molecule has 2 aromatic carbocycles. The summed E-state index contributed by atoms with van der Waals surface area (Å²) < 4.78 is 27.0. The zero-order chi connectivity index (χ0) is 25.9. The van der Waals surface area contributed by atoms with Gasteiger partial charge in [-0.15, -0.1) is 0 Å². The van der Waals surface area contributed by atoms with Gasteiger partial charge in [-0.3, -0.25) is 10.1 Å². The van der Waals surface area contributed by atoms with Gasteiger partial charge in [0.05, 0.1) is 33.1 Å². The fourth-order valence-corrected chi connectivity index (χ4v) is 4.23. The summed E-state index contributed by atoms with van der Waals surface area (Å²) >= 11 is 1.09. The molecule has 1 heterocycles. The molecule has 0 saturated carbocycles. The van der Waals surface area contributed by atoms with Crippen LogP contribution in [0.2, 0.25) is 0 Å². The number of methoxy groups -OCH3 is 2. The summed E-state index contributed by atoms with van der Waals surface area (Å²) in [6.07, 6.45) is 0.290. The van der Waals surface area contributed by atoms with E-state index in [1.54, 1.807) is 52.3 Å². The molecule has 0 amide bonds. The van der Waals surface area contributed by atoms with Gasteiger partial charge in [0.15, 0.2) is 0 Å². The van der Waals surface area contributed by atoms with Gasteiger partial charge in [-0.05, 0) is 37.6 Å². The quantitative estimate of drug-likeness (QED) is 0.332. The number of carbonyl (C=O) groups excluding carboxylic acids is 2. The fourth-order valence-electron chi connectivity index (χ4n) is 3.38. The first kappa shape index (κ1) is 27.0. The Bertz CT molecular complexity index is 1150. The van der Waals surface area contributed by atoms with E-state index in [9.17, 15) is 9.59 Å². The van der Waals surface area contributed by atoms with Crippen molar-refractivity contribution in [2.75, 3.05) is 27.4 Å². The Kier molecular flexibility index (Phi) is 10.1. The number of ether oxygens (including phenoxy) is 5. The molecule has 0 aliphatic rings. The lowest BCUT2D eigenvalue weighted by Gasteiger charge is -2.19. The van der Waals surface area contributed by atoms with E-state index in [0.29, 0.717) is 33.0 Å². The van der Waals surface area contributed by atoms with Gasteiger partial charge in [0.2, 0.25) is 0 Å². The van der Waals surface area contributed by atoms with E-state index in [2.05, 4.69) is 10.3 Å². The minimum absolute atomic E-state index is 0.116. The number of para-hydroxylation sites is 1. The van der Waals surface area contributed by atoms with Gasteiger partial charge in [0, 0.05) is 19.0 Å². The van der Waals surface area contributed by atoms with Gasteiger partial charge < -0.3 is 23.7 Å². The Labute approximate surface area is 214 Å². The number of thiazole rings is 1. The van der Waals surface area contributed by atoms with Crippen molar-refractivity contribution in [3.05, 3.63) is 64.7 Å². The summed E-state index contributed by atoms with van der Waals surface area (Å²) in [4.78, 5) is 30.2. The van der Waals surface area contributed by atoms with Crippen LogP contribution in [0.15, 0.2) is 48.5 Å². The van der Waals surface area contributed by atoms with Gasteiger partial charge in [-0.1, -0.05) is 35.6 Å². The number of benzene rings is 2. The van der Waals surface area contributed by atoms with Crippen LogP contribution in [0.5, 0.6) is 22.4 Å². The first-order valence-electron chi connectivity index (χ1n) is 11.5. The van der Waals surface area contributed by atoms with Crippen LogP contribution in [0.25, 0.3) is 0 Å². The average molecular weight is 515 g/mol. The highest BCUT2D eigenvalue weighted by Gasteiger charge is 2.25. The van der Waals surface area contributed by atoms with Crippen LogP contribution in [-0.2, 0) is 27.2 Å². The molecular weight excluding hydrogens is 484 g/mol. The third kappa shape index (κ3) is 7.19. The van der Waals surface area contributed by atoms with Crippen LogP contribution < -0.4 is 19.5 Å². The average Bonchev–Trinajstić information content (AvgIpc) is 3.29. The number of hydrogen-bond donors (Lipinski definition) is 1. The summed E-state index contributed by atoms with van der Waals surface area (Å²) in [6.45, 7) is 4.05. The highest BCUT2D eigenvalue weighted by molar-refractivity contribution is 7.15. The van der Waals surface area contributed by atoms with Crippen molar-refractivity contribution in [2.45, 2.75) is 32.9 Å². The van der Waals surface area contributed by atoms with Crippen LogP contribution in [0.3, 0.4) is 0 Å². The number of nitrogens with zero attached hydrogens (tertiary/aromatic N) is 1. The van der Waals surface area contributed by atoms with E-state index >= 15 is 0 Å². The molecular formula is C26H30N2O7S. The van der Waals surface area contributed by atoms with Crippen molar-refractivity contribution in [1.29, 1.82) is 0 Å². The molecule has 3 rings (SSSR count). The third-order valence-corrected chi connectivity index (χ3v) is 6.05. The van der Waals surface area contributed by atoms with Gasteiger partial charge in [-0.2, -0.15) is 0 Å². The molecule has 0 radical (unpaired) electrons. The van der Waals surface area contributed by atoms with Crippen LogP contribution in [0.4, 0.5) is 0 Å². The molecule has 192 valence electrons. The molecule has 1 N–H and O–H groups in total. The standard InChI is InChI=1S/C26H30N2O7S/c1-5-33-24(29)20(14-17-12-13-19(31-3)15-22(17)32-4)27-16-21-23(25(30)34-6-2)36-26(28-21)35-18-10-8-7-9-11-18/h7-13,15,20,27H,5-6,14,16H2,1-4H3. The largest absolute Gasteiger partial charge is 0.497 e. The lowest BCUT2D eigenvalue weighted by atomic mass is 10.0. The second-order valence-corrected chi connectivity index (χ2v) is 8.42. The maximum atomic E-state index is 12.8. The Balaban J connectivity index is 1.83. The van der Waals surface area contributed by atoms with Crippen LogP contribution >= 0.6 is 11.3 Å². The minimum Gasteiger partial charge on any atom is -0.497 e.